The Bertz CT molecular complexity index is 809. The Morgan fingerprint density at radius 1 is 1.00 bits per heavy atom. The molecule has 0 aliphatic rings. The fourth-order valence-corrected chi connectivity index (χ4v) is 2.21. The van der Waals surface area contributed by atoms with E-state index >= 15 is 0 Å². The Labute approximate surface area is 172 Å². The summed E-state index contributed by atoms with van der Waals surface area (Å²) in [4.78, 5) is 22.9. The molecule has 0 bridgehead atoms. The molecule has 0 saturated heterocycles. The number of alkyl halides is 10. The summed E-state index contributed by atoms with van der Waals surface area (Å²) in [6.07, 6.45) is -15.2. The van der Waals surface area contributed by atoms with Gasteiger partial charge in [0.15, 0.2) is 0 Å². The third kappa shape index (κ3) is 7.19. The molecule has 0 aromatic carbocycles. The van der Waals surface area contributed by atoms with Crippen LogP contribution in [-0.4, -0.2) is 67.3 Å². The quantitative estimate of drug-likeness (QED) is 0.108. The zero-order valence-electron chi connectivity index (χ0n) is 15.2. The zero-order chi connectivity index (χ0) is 25.8. The summed E-state index contributed by atoms with van der Waals surface area (Å²) in [7, 11) is -6.66. The lowest BCUT2D eigenvalue weighted by atomic mass is 10.2. The van der Waals surface area contributed by atoms with Crippen LogP contribution in [0, 0.1) is 0 Å². The Morgan fingerprint density at radius 2 is 1.50 bits per heavy atom. The molecule has 0 aromatic heterocycles. The van der Waals surface area contributed by atoms with Crippen LogP contribution in [0.4, 0.5) is 43.9 Å². The smallest absolute Gasteiger partial charge is 0.412 e. The van der Waals surface area contributed by atoms with Gasteiger partial charge in [-0.1, -0.05) is 6.58 Å². The second kappa shape index (κ2) is 9.77. The number of rotatable bonds is 11. The van der Waals surface area contributed by atoms with E-state index in [1.807, 2.05) is 0 Å². The number of carbonyl (C=O) groups is 2. The van der Waals surface area contributed by atoms with Crippen LogP contribution in [0.2, 0.25) is 0 Å². The topological polar surface area (TPSA) is 119 Å². The van der Waals surface area contributed by atoms with Crippen LogP contribution < -0.4 is 5.32 Å². The third-order valence-corrected chi connectivity index (χ3v) is 4.17. The SMILES string of the molecule is C=CC(=O)OC(OCCCC(F)(F)C(F)(F)S(=O)(=O)O)(C(=O)NCC(F)(F)F)C(F)(F)F. The van der Waals surface area contributed by atoms with Crippen molar-refractivity contribution in [3.63, 3.8) is 0 Å². The highest BCUT2D eigenvalue weighted by Crippen LogP contribution is 2.42. The van der Waals surface area contributed by atoms with Gasteiger partial charge in [0.2, 0.25) is 0 Å². The van der Waals surface area contributed by atoms with E-state index in [2.05, 4.69) is 16.1 Å². The summed E-state index contributed by atoms with van der Waals surface area (Å²) >= 11 is 0. The van der Waals surface area contributed by atoms with E-state index in [1.54, 1.807) is 0 Å². The Kier molecular flexibility index (Phi) is 9.12. The van der Waals surface area contributed by atoms with Gasteiger partial charge in [0, 0.05) is 12.5 Å². The lowest BCUT2D eigenvalue weighted by Gasteiger charge is -2.33. The molecule has 2 N–H and O–H groups in total. The molecule has 0 radical (unpaired) electrons. The van der Waals surface area contributed by atoms with Crippen molar-refractivity contribution in [1.82, 2.24) is 5.32 Å². The lowest BCUT2D eigenvalue weighted by Crippen LogP contribution is -2.62. The first-order valence-electron chi connectivity index (χ1n) is 7.68. The largest absolute Gasteiger partial charge is 0.466 e. The van der Waals surface area contributed by atoms with Gasteiger partial charge in [0.1, 0.15) is 6.54 Å². The highest BCUT2D eigenvalue weighted by molar-refractivity contribution is 7.87. The number of halogens is 10. The normalized spacial score (nSPS) is 15.6. The molecule has 0 aliphatic carbocycles. The summed E-state index contributed by atoms with van der Waals surface area (Å²) in [5, 5.41) is -5.37. The lowest BCUT2D eigenvalue weighted by molar-refractivity contribution is -0.347. The van der Waals surface area contributed by atoms with Crippen molar-refractivity contribution in [2.45, 2.75) is 42.2 Å². The fourth-order valence-electron chi connectivity index (χ4n) is 1.73. The zero-order valence-corrected chi connectivity index (χ0v) is 16.0. The molecule has 0 aromatic rings. The van der Waals surface area contributed by atoms with Gasteiger partial charge in [-0.05, 0) is 6.42 Å². The van der Waals surface area contributed by atoms with Crippen molar-refractivity contribution in [3.8, 4) is 0 Å². The molecule has 0 aliphatic heterocycles. The molecule has 1 unspecified atom stereocenters. The van der Waals surface area contributed by atoms with Gasteiger partial charge in [0.05, 0.1) is 6.61 Å². The van der Waals surface area contributed by atoms with Crippen molar-refractivity contribution in [1.29, 1.82) is 0 Å². The molecule has 0 heterocycles. The van der Waals surface area contributed by atoms with Gasteiger partial charge in [-0.2, -0.15) is 52.3 Å². The van der Waals surface area contributed by atoms with Crippen molar-refractivity contribution in [3.05, 3.63) is 12.7 Å². The van der Waals surface area contributed by atoms with Crippen molar-refractivity contribution >= 4 is 22.0 Å². The standard InChI is InChI=1S/C13H13F10NO7S/c1-2-7(25)31-11(12(19,20)21,8(26)24-6-10(16,17)18)30-5-3-4-9(14,15)13(22,23)32(27,28)29/h2H,1,3-6H2,(H,24,26)(H,27,28,29). The van der Waals surface area contributed by atoms with Crippen LogP contribution in [-0.2, 0) is 29.2 Å². The van der Waals surface area contributed by atoms with Gasteiger partial charge >= 0.3 is 51.3 Å². The summed E-state index contributed by atoms with van der Waals surface area (Å²) in [6.45, 7) is -1.49. The summed E-state index contributed by atoms with van der Waals surface area (Å²) in [5.41, 5.74) is 0. The predicted octanol–water partition coefficient (Wildman–Crippen LogP) is 2.57. The van der Waals surface area contributed by atoms with Crippen LogP contribution in [0.5, 0.6) is 0 Å². The number of esters is 1. The van der Waals surface area contributed by atoms with E-state index in [0.29, 0.717) is 5.32 Å². The van der Waals surface area contributed by atoms with Crippen molar-refractivity contribution in [2.24, 2.45) is 0 Å². The van der Waals surface area contributed by atoms with Crippen LogP contribution in [0.25, 0.3) is 0 Å². The van der Waals surface area contributed by atoms with Crippen LogP contribution in [0.3, 0.4) is 0 Å². The molecule has 188 valence electrons. The number of nitrogens with one attached hydrogen (secondary N) is 1. The summed E-state index contributed by atoms with van der Waals surface area (Å²) in [5.74, 6) is -15.2. The molecule has 0 rings (SSSR count). The van der Waals surface area contributed by atoms with Gasteiger partial charge in [-0.15, -0.1) is 0 Å². The fraction of sp³-hybridized carbons (Fsp3) is 0.692. The average Bonchev–Trinajstić information content (AvgIpc) is 2.59. The average molecular weight is 517 g/mol. The number of hydrogen-bond acceptors (Lipinski definition) is 6. The molecule has 32 heavy (non-hydrogen) atoms. The van der Waals surface area contributed by atoms with Crippen LogP contribution in [0.15, 0.2) is 12.7 Å². The monoisotopic (exact) mass is 517 g/mol. The third-order valence-electron chi connectivity index (χ3n) is 3.22. The number of hydrogen-bond donors (Lipinski definition) is 2. The van der Waals surface area contributed by atoms with E-state index < -0.39 is 77.3 Å². The van der Waals surface area contributed by atoms with Crippen molar-refractivity contribution < 1.29 is 75.9 Å². The first kappa shape index (κ1) is 29.9. The second-order valence-corrected chi connectivity index (χ2v) is 7.15. The number of carbonyl (C=O) groups excluding carboxylic acids is 2. The van der Waals surface area contributed by atoms with Gasteiger partial charge < -0.3 is 14.8 Å². The van der Waals surface area contributed by atoms with Crippen LogP contribution >= 0.6 is 0 Å². The second-order valence-electron chi connectivity index (χ2n) is 5.69. The predicted molar refractivity (Wildman–Crippen MR) is 80.8 cm³/mol. The molecule has 0 fully saturated rings. The first-order valence-corrected chi connectivity index (χ1v) is 9.12. The number of amides is 1. The summed E-state index contributed by atoms with van der Waals surface area (Å²) < 4.78 is 166. The van der Waals surface area contributed by atoms with Gasteiger partial charge in [0.25, 0.3) is 0 Å². The molecule has 0 spiro atoms. The molecule has 0 saturated carbocycles. The van der Waals surface area contributed by atoms with E-state index in [1.165, 1.54) is 0 Å². The van der Waals surface area contributed by atoms with E-state index in [4.69, 9.17) is 4.55 Å². The molecule has 8 nitrogen and oxygen atoms in total. The molecular formula is C13H13F10NO7S. The first-order chi connectivity index (χ1) is 14.0. The Hall–Kier alpha value is -2.15. The minimum absolute atomic E-state index is 0.0295. The maximum absolute atomic E-state index is 13.4. The van der Waals surface area contributed by atoms with E-state index in [0.717, 1.165) is 0 Å². The van der Waals surface area contributed by atoms with E-state index in [-0.39, 0.29) is 6.08 Å². The highest BCUT2D eigenvalue weighted by atomic mass is 32.2. The van der Waals surface area contributed by atoms with E-state index in [9.17, 15) is 61.9 Å². The molecule has 1 atom stereocenters. The van der Waals surface area contributed by atoms with Gasteiger partial charge in [-0.25, -0.2) is 4.79 Å². The van der Waals surface area contributed by atoms with Gasteiger partial charge in [-0.3, -0.25) is 9.35 Å². The maximum Gasteiger partial charge on any atom is 0.466 e. The summed E-state index contributed by atoms with van der Waals surface area (Å²) in [6, 6.07) is 0. The molecular weight excluding hydrogens is 504 g/mol. The highest BCUT2D eigenvalue weighted by Gasteiger charge is 2.67. The Morgan fingerprint density at radius 3 is 1.88 bits per heavy atom. The number of ether oxygens (including phenoxy) is 2. The minimum atomic E-state index is -6.66. The minimum Gasteiger partial charge on any atom is -0.412 e. The Balaban J connectivity index is 5.74. The van der Waals surface area contributed by atoms with Crippen LogP contribution in [0.1, 0.15) is 12.8 Å². The molecule has 1 amide bonds. The molecule has 19 heteroatoms. The maximum atomic E-state index is 13.4. The van der Waals surface area contributed by atoms with Crippen molar-refractivity contribution in [2.75, 3.05) is 13.2 Å².